The van der Waals surface area contributed by atoms with Crippen molar-refractivity contribution in [1.29, 1.82) is 0 Å². The molecule has 1 rings (SSSR count). The summed E-state index contributed by atoms with van der Waals surface area (Å²) in [5.74, 6) is 0. The monoisotopic (exact) mass is 116 g/mol. The molecule has 0 amide bonds. The number of rotatable bonds is 0. The van der Waals surface area contributed by atoms with Crippen LogP contribution in [0, 0.1) is 0 Å². The maximum atomic E-state index is 5.44. The molecule has 0 bridgehead atoms. The van der Waals surface area contributed by atoms with Gasteiger partial charge in [0.15, 0.2) is 0 Å². The Morgan fingerprint density at radius 3 is 3.00 bits per heavy atom. The van der Waals surface area contributed by atoms with E-state index >= 15 is 0 Å². The third kappa shape index (κ3) is 1.41. The molecule has 0 fully saturated rings. The lowest BCUT2D eigenvalue weighted by molar-refractivity contribution is 0.876. The third-order valence-electron chi connectivity index (χ3n) is 0.809. The van der Waals surface area contributed by atoms with Gasteiger partial charge in [-0.25, -0.2) is 0 Å². The highest BCUT2D eigenvalue weighted by atomic mass is 32.2. The maximum Gasteiger partial charge on any atom is 0.0171 e. The van der Waals surface area contributed by atoms with Crippen LogP contribution in [0.5, 0.6) is 0 Å². The lowest BCUT2D eigenvalue weighted by Crippen LogP contribution is -2.13. The van der Waals surface area contributed by atoms with Gasteiger partial charge in [-0.15, -0.1) is 0 Å². The second-order valence-corrected chi connectivity index (χ2v) is 2.22. The molecule has 0 saturated carbocycles. The van der Waals surface area contributed by atoms with Gasteiger partial charge in [-0.1, -0.05) is 11.9 Å². The SMILES string of the molecule is NC1=CSNCC1. The van der Waals surface area contributed by atoms with Gasteiger partial charge in [0.25, 0.3) is 0 Å². The highest BCUT2D eigenvalue weighted by molar-refractivity contribution is 8.00. The van der Waals surface area contributed by atoms with Gasteiger partial charge in [-0.05, 0) is 0 Å². The predicted molar refractivity (Wildman–Crippen MR) is 32.5 cm³/mol. The Balaban J connectivity index is 2.40. The zero-order valence-corrected chi connectivity index (χ0v) is 4.79. The smallest absolute Gasteiger partial charge is 0.0171 e. The van der Waals surface area contributed by atoms with E-state index in [1.807, 2.05) is 5.41 Å². The molecule has 1 heterocycles. The summed E-state index contributed by atoms with van der Waals surface area (Å²) in [7, 11) is 0. The standard InChI is InChI=1S/C4H8N2S/c5-4-1-2-6-7-3-4/h3,6H,1-2,5H2. The van der Waals surface area contributed by atoms with Gasteiger partial charge in [0, 0.05) is 24.1 Å². The van der Waals surface area contributed by atoms with Crippen molar-refractivity contribution in [3.8, 4) is 0 Å². The van der Waals surface area contributed by atoms with Crippen LogP contribution >= 0.6 is 11.9 Å². The first-order chi connectivity index (χ1) is 3.39. The fraction of sp³-hybridized carbons (Fsp3) is 0.500. The van der Waals surface area contributed by atoms with Gasteiger partial charge in [0.05, 0.1) is 0 Å². The molecular weight excluding hydrogens is 108 g/mol. The minimum atomic E-state index is 0.990. The summed E-state index contributed by atoms with van der Waals surface area (Å²) in [6.07, 6.45) is 0.993. The molecule has 0 atom stereocenters. The van der Waals surface area contributed by atoms with Crippen molar-refractivity contribution in [2.24, 2.45) is 5.73 Å². The van der Waals surface area contributed by atoms with Crippen LogP contribution in [0.2, 0.25) is 0 Å². The van der Waals surface area contributed by atoms with Crippen LogP contribution in [0.15, 0.2) is 11.1 Å². The van der Waals surface area contributed by atoms with Crippen LogP contribution < -0.4 is 10.5 Å². The van der Waals surface area contributed by atoms with Crippen LogP contribution in [0.1, 0.15) is 6.42 Å². The molecule has 0 radical (unpaired) electrons. The molecule has 3 heteroatoms. The van der Waals surface area contributed by atoms with Crippen molar-refractivity contribution < 1.29 is 0 Å². The number of nitrogens with one attached hydrogen (secondary N) is 1. The van der Waals surface area contributed by atoms with Crippen molar-refractivity contribution in [3.63, 3.8) is 0 Å². The summed E-state index contributed by atoms with van der Waals surface area (Å²) in [5, 5.41) is 1.93. The van der Waals surface area contributed by atoms with Crippen molar-refractivity contribution in [1.82, 2.24) is 4.72 Å². The Morgan fingerprint density at radius 2 is 2.71 bits per heavy atom. The van der Waals surface area contributed by atoms with E-state index < -0.39 is 0 Å². The lowest BCUT2D eigenvalue weighted by Gasteiger charge is -2.06. The van der Waals surface area contributed by atoms with Gasteiger partial charge in [0.1, 0.15) is 0 Å². The first kappa shape index (κ1) is 5.00. The van der Waals surface area contributed by atoms with E-state index in [2.05, 4.69) is 4.72 Å². The summed E-state index contributed by atoms with van der Waals surface area (Å²) in [5.41, 5.74) is 6.42. The van der Waals surface area contributed by atoms with Gasteiger partial charge in [0.2, 0.25) is 0 Å². The zero-order chi connectivity index (χ0) is 5.11. The minimum absolute atomic E-state index is 0.990. The van der Waals surface area contributed by atoms with Crippen molar-refractivity contribution >= 4 is 11.9 Å². The molecule has 7 heavy (non-hydrogen) atoms. The van der Waals surface area contributed by atoms with Gasteiger partial charge in [-0.2, -0.15) is 0 Å². The van der Waals surface area contributed by atoms with Gasteiger partial charge in [-0.3, -0.25) is 4.72 Å². The Labute approximate surface area is 47.3 Å². The Morgan fingerprint density at radius 1 is 1.86 bits per heavy atom. The number of hydrogen-bond acceptors (Lipinski definition) is 3. The molecule has 3 N–H and O–H groups in total. The van der Waals surface area contributed by atoms with E-state index in [9.17, 15) is 0 Å². The van der Waals surface area contributed by atoms with Crippen molar-refractivity contribution in [3.05, 3.63) is 11.1 Å². The fourth-order valence-corrected chi connectivity index (χ4v) is 1.00. The minimum Gasteiger partial charge on any atom is -0.402 e. The molecule has 0 spiro atoms. The van der Waals surface area contributed by atoms with E-state index in [0.717, 1.165) is 18.7 Å². The average Bonchev–Trinajstić information content (AvgIpc) is 1.69. The molecule has 0 aromatic rings. The largest absolute Gasteiger partial charge is 0.402 e. The molecular formula is C4H8N2S. The Kier molecular flexibility index (Phi) is 1.59. The van der Waals surface area contributed by atoms with E-state index in [1.54, 1.807) is 11.9 Å². The summed E-state index contributed by atoms with van der Waals surface area (Å²) >= 11 is 1.57. The van der Waals surface area contributed by atoms with E-state index in [-0.39, 0.29) is 0 Å². The van der Waals surface area contributed by atoms with Crippen molar-refractivity contribution in [2.75, 3.05) is 6.54 Å². The second kappa shape index (κ2) is 2.23. The maximum absolute atomic E-state index is 5.44. The third-order valence-corrected chi connectivity index (χ3v) is 1.60. The first-order valence-corrected chi connectivity index (χ1v) is 3.10. The Hall–Kier alpha value is -0.150. The molecule has 40 valence electrons. The zero-order valence-electron chi connectivity index (χ0n) is 3.98. The molecule has 1 aliphatic rings. The molecule has 0 aliphatic carbocycles. The van der Waals surface area contributed by atoms with Gasteiger partial charge >= 0.3 is 0 Å². The number of nitrogens with two attached hydrogens (primary N) is 1. The topological polar surface area (TPSA) is 38.0 Å². The summed E-state index contributed by atoms with van der Waals surface area (Å²) < 4.78 is 3.08. The van der Waals surface area contributed by atoms with E-state index in [1.165, 1.54) is 0 Å². The molecule has 0 aromatic carbocycles. The molecule has 2 nitrogen and oxygen atoms in total. The summed E-state index contributed by atoms with van der Waals surface area (Å²) in [4.78, 5) is 0. The van der Waals surface area contributed by atoms with Crippen molar-refractivity contribution in [2.45, 2.75) is 6.42 Å². The van der Waals surface area contributed by atoms with Crippen LogP contribution in [-0.4, -0.2) is 6.54 Å². The summed E-state index contributed by atoms with van der Waals surface area (Å²) in [6, 6.07) is 0. The fourth-order valence-electron chi connectivity index (χ4n) is 0.431. The van der Waals surface area contributed by atoms with E-state index in [0.29, 0.717) is 0 Å². The lowest BCUT2D eigenvalue weighted by atomic mass is 10.4. The van der Waals surface area contributed by atoms with Crippen LogP contribution in [0.4, 0.5) is 0 Å². The van der Waals surface area contributed by atoms with Crippen LogP contribution in [0.3, 0.4) is 0 Å². The van der Waals surface area contributed by atoms with E-state index in [4.69, 9.17) is 5.73 Å². The molecule has 1 aliphatic heterocycles. The number of hydrogen-bond donors (Lipinski definition) is 2. The van der Waals surface area contributed by atoms with Gasteiger partial charge < -0.3 is 5.73 Å². The van der Waals surface area contributed by atoms with Crippen LogP contribution in [0.25, 0.3) is 0 Å². The first-order valence-electron chi connectivity index (χ1n) is 2.22. The summed E-state index contributed by atoms with van der Waals surface area (Å²) in [6.45, 7) is 1.01. The quantitative estimate of drug-likeness (QED) is 0.451. The molecule has 0 unspecified atom stereocenters. The average molecular weight is 116 g/mol. The highest BCUT2D eigenvalue weighted by Crippen LogP contribution is 2.06. The second-order valence-electron chi connectivity index (χ2n) is 1.45. The molecule has 0 aromatic heterocycles. The molecule has 0 saturated heterocycles. The van der Waals surface area contributed by atoms with Crippen LogP contribution in [-0.2, 0) is 0 Å². The Bertz CT molecular complexity index is 89.7. The predicted octanol–water partition coefficient (Wildman–Crippen LogP) is 0.428. The normalized spacial score (nSPS) is 21.4. The highest BCUT2D eigenvalue weighted by Gasteiger charge is 1.95.